The second kappa shape index (κ2) is 4.75. The lowest BCUT2D eigenvalue weighted by atomic mass is 10.3. The molecule has 0 spiro atoms. The Balaban J connectivity index is 1.70. The minimum Gasteiger partial charge on any atom is -0.346 e. The molecule has 1 aliphatic heterocycles. The van der Waals surface area contributed by atoms with Gasteiger partial charge in [-0.1, -0.05) is 11.3 Å². The molecule has 0 aliphatic carbocycles. The summed E-state index contributed by atoms with van der Waals surface area (Å²) in [6, 6.07) is 5.80. The second-order valence-electron chi connectivity index (χ2n) is 4.06. The Morgan fingerprint density at radius 1 is 1.50 bits per heavy atom. The molecule has 0 saturated carbocycles. The van der Waals surface area contributed by atoms with E-state index in [1.165, 1.54) is 0 Å². The maximum Gasteiger partial charge on any atom is 0.144 e. The Kier molecular flexibility index (Phi) is 3.11. The number of hydrogen-bond donors (Lipinski definition) is 1. The molecule has 3 heterocycles. The number of nitrogens with one attached hydrogen (secondary N) is 1. The molecule has 6 nitrogen and oxygen atoms in total. The van der Waals surface area contributed by atoms with Crippen LogP contribution in [0.5, 0.6) is 0 Å². The quantitative estimate of drug-likeness (QED) is 0.676. The zero-order valence-electron chi connectivity index (χ0n) is 9.75. The summed E-state index contributed by atoms with van der Waals surface area (Å²) < 4.78 is 7.97. The van der Waals surface area contributed by atoms with Gasteiger partial charge in [0.25, 0.3) is 0 Å². The number of nitrogens with zero attached hydrogens (tertiary/aromatic N) is 4. The first-order valence-corrected chi connectivity index (χ1v) is 6.40. The summed E-state index contributed by atoms with van der Waals surface area (Å²) in [5.74, 6) is 0. The fourth-order valence-electron chi connectivity index (χ4n) is 1.78. The van der Waals surface area contributed by atoms with Gasteiger partial charge in [-0.2, -0.15) is 0 Å². The van der Waals surface area contributed by atoms with Gasteiger partial charge in [0.05, 0.1) is 18.4 Å². The first-order chi connectivity index (χ1) is 8.76. The number of rotatable bonds is 4. The number of ether oxygens (including phenoxy) is 1. The highest BCUT2D eigenvalue weighted by molar-refractivity contribution is 9.10. The van der Waals surface area contributed by atoms with E-state index in [2.05, 4.69) is 36.5 Å². The van der Waals surface area contributed by atoms with E-state index in [9.17, 15) is 0 Å². The molecule has 2 atom stereocenters. The van der Waals surface area contributed by atoms with Crippen LogP contribution in [-0.4, -0.2) is 33.3 Å². The average Bonchev–Trinajstić information content (AvgIpc) is 3.02. The van der Waals surface area contributed by atoms with E-state index < -0.39 is 0 Å². The van der Waals surface area contributed by atoms with Crippen LogP contribution in [0.15, 0.2) is 29.0 Å². The minimum atomic E-state index is 0.0271. The molecule has 0 bridgehead atoms. The molecule has 7 heteroatoms. The number of hydrogen-bond acceptors (Lipinski definition) is 5. The lowest BCUT2D eigenvalue weighted by Crippen LogP contribution is -2.10. The number of likely N-dealkylation sites (N-methyl/N-ethyl adjacent to an activating group) is 1. The average molecular weight is 310 g/mol. The second-order valence-corrected chi connectivity index (χ2v) is 4.87. The third-order valence-electron chi connectivity index (χ3n) is 2.72. The van der Waals surface area contributed by atoms with Crippen LogP contribution < -0.4 is 5.32 Å². The fourth-order valence-corrected chi connectivity index (χ4v) is 2.16. The highest BCUT2D eigenvalue weighted by Crippen LogP contribution is 2.34. The zero-order chi connectivity index (χ0) is 12.5. The summed E-state index contributed by atoms with van der Waals surface area (Å²) in [5, 5.41) is 11.2. The van der Waals surface area contributed by atoms with Gasteiger partial charge < -0.3 is 4.74 Å². The van der Waals surface area contributed by atoms with E-state index in [-0.39, 0.29) is 12.3 Å². The molecule has 94 valence electrons. The molecule has 2 aromatic heterocycles. The van der Waals surface area contributed by atoms with Gasteiger partial charge in [0.2, 0.25) is 0 Å². The van der Waals surface area contributed by atoms with Crippen LogP contribution in [0.3, 0.4) is 0 Å². The highest BCUT2D eigenvalue weighted by Gasteiger charge is 2.41. The van der Waals surface area contributed by atoms with Crippen molar-refractivity contribution < 1.29 is 4.74 Å². The van der Waals surface area contributed by atoms with Crippen molar-refractivity contribution >= 4 is 15.9 Å². The van der Waals surface area contributed by atoms with Gasteiger partial charge in [-0.25, -0.2) is 9.67 Å². The first kappa shape index (κ1) is 11.8. The Labute approximate surface area is 112 Å². The van der Waals surface area contributed by atoms with Crippen molar-refractivity contribution in [1.29, 1.82) is 0 Å². The van der Waals surface area contributed by atoms with E-state index in [4.69, 9.17) is 4.74 Å². The van der Waals surface area contributed by atoms with Gasteiger partial charge >= 0.3 is 0 Å². The third kappa shape index (κ3) is 2.43. The SMILES string of the molecule is CNC1OC1c1cn(Cc2cccc(Br)n2)nn1. The number of aromatic nitrogens is 4. The molecular weight excluding hydrogens is 298 g/mol. The highest BCUT2D eigenvalue weighted by atomic mass is 79.9. The van der Waals surface area contributed by atoms with Crippen molar-refractivity contribution in [3.8, 4) is 0 Å². The minimum absolute atomic E-state index is 0.0271. The van der Waals surface area contributed by atoms with Crippen LogP contribution in [0.4, 0.5) is 0 Å². The van der Waals surface area contributed by atoms with Crippen LogP contribution in [0.2, 0.25) is 0 Å². The summed E-state index contributed by atoms with van der Waals surface area (Å²) >= 11 is 3.35. The van der Waals surface area contributed by atoms with Crippen LogP contribution in [-0.2, 0) is 11.3 Å². The smallest absolute Gasteiger partial charge is 0.144 e. The Morgan fingerprint density at radius 3 is 3.11 bits per heavy atom. The summed E-state index contributed by atoms with van der Waals surface area (Å²) in [7, 11) is 1.86. The van der Waals surface area contributed by atoms with Crippen molar-refractivity contribution in [2.45, 2.75) is 18.9 Å². The van der Waals surface area contributed by atoms with Crippen molar-refractivity contribution in [3.05, 3.63) is 40.4 Å². The molecule has 2 aromatic rings. The summed E-state index contributed by atoms with van der Waals surface area (Å²) in [6.45, 7) is 0.601. The molecule has 2 unspecified atom stereocenters. The third-order valence-corrected chi connectivity index (χ3v) is 3.16. The predicted molar refractivity (Wildman–Crippen MR) is 67.7 cm³/mol. The predicted octanol–water partition coefficient (Wildman–Crippen LogP) is 1.10. The van der Waals surface area contributed by atoms with Crippen molar-refractivity contribution in [2.24, 2.45) is 0 Å². The molecule has 0 amide bonds. The van der Waals surface area contributed by atoms with Crippen LogP contribution in [0, 0.1) is 0 Å². The molecule has 0 aromatic carbocycles. The fraction of sp³-hybridized carbons (Fsp3) is 0.364. The molecule has 1 aliphatic rings. The van der Waals surface area contributed by atoms with Gasteiger partial charge in [-0.3, -0.25) is 5.32 Å². The van der Waals surface area contributed by atoms with Gasteiger partial charge in [0.1, 0.15) is 22.6 Å². The zero-order valence-corrected chi connectivity index (χ0v) is 11.3. The first-order valence-electron chi connectivity index (χ1n) is 5.60. The number of halogens is 1. The van der Waals surface area contributed by atoms with Gasteiger partial charge in [0, 0.05) is 0 Å². The maximum absolute atomic E-state index is 5.38. The van der Waals surface area contributed by atoms with E-state index in [1.807, 2.05) is 31.4 Å². The molecular formula is C11H12BrN5O. The Morgan fingerprint density at radius 2 is 2.39 bits per heavy atom. The van der Waals surface area contributed by atoms with E-state index in [0.717, 1.165) is 16.0 Å². The largest absolute Gasteiger partial charge is 0.346 e. The van der Waals surface area contributed by atoms with E-state index in [0.29, 0.717) is 6.54 Å². The summed E-state index contributed by atoms with van der Waals surface area (Å²) in [5.41, 5.74) is 1.78. The van der Waals surface area contributed by atoms with Gasteiger partial charge in [-0.05, 0) is 35.1 Å². The van der Waals surface area contributed by atoms with Crippen LogP contribution in [0.25, 0.3) is 0 Å². The van der Waals surface area contributed by atoms with Gasteiger partial charge in [-0.15, -0.1) is 5.10 Å². The Bertz CT molecular complexity index is 558. The molecule has 18 heavy (non-hydrogen) atoms. The number of epoxide rings is 1. The maximum atomic E-state index is 5.38. The molecule has 3 rings (SSSR count). The van der Waals surface area contributed by atoms with Crippen molar-refractivity contribution in [2.75, 3.05) is 7.05 Å². The number of pyridine rings is 1. The summed E-state index contributed by atoms with van der Waals surface area (Å²) in [6.07, 6.45) is 1.99. The summed E-state index contributed by atoms with van der Waals surface area (Å²) in [4.78, 5) is 4.35. The molecule has 0 radical (unpaired) electrons. The van der Waals surface area contributed by atoms with Crippen molar-refractivity contribution in [1.82, 2.24) is 25.3 Å². The molecule has 1 fully saturated rings. The standard InChI is InChI=1S/C11H12BrN5O/c1-13-11-10(18-11)8-6-17(16-15-8)5-7-3-2-4-9(12)14-7/h2-4,6,10-11,13H,5H2,1H3. The van der Waals surface area contributed by atoms with E-state index in [1.54, 1.807) is 4.68 Å². The molecule has 1 saturated heterocycles. The lowest BCUT2D eigenvalue weighted by molar-refractivity contribution is 0.354. The normalized spacial score (nSPS) is 22.1. The van der Waals surface area contributed by atoms with Crippen LogP contribution >= 0.6 is 15.9 Å². The molecule has 1 N–H and O–H groups in total. The topological polar surface area (TPSA) is 68.2 Å². The lowest BCUT2D eigenvalue weighted by Gasteiger charge is -1.99. The van der Waals surface area contributed by atoms with Crippen molar-refractivity contribution in [3.63, 3.8) is 0 Å². The van der Waals surface area contributed by atoms with Crippen LogP contribution in [0.1, 0.15) is 17.5 Å². The Hall–Kier alpha value is -1.31. The van der Waals surface area contributed by atoms with E-state index >= 15 is 0 Å². The van der Waals surface area contributed by atoms with Gasteiger partial charge in [0.15, 0.2) is 0 Å². The monoisotopic (exact) mass is 309 g/mol.